The highest BCUT2D eigenvalue weighted by Gasteiger charge is 2.08. The molecular formula is C15H20BrN3. The molecule has 0 aliphatic heterocycles. The smallest absolute Gasteiger partial charge is 0.0787 e. The lowest BCUT2D eigenvalue weighted by Crippen LogP contribution is -2.11. The summed E-state index contributed by atoms with van der Waals surface area (Å²) in [7, 11) is 0. The van der Waals surface area contributed by atoms with E-state index in [1.165, 1.54) is 5.56 Å². The second kappa shape index (κ2) is 6.35. The average molecular weight is 322 g/mol. The van der Waals surface area contributed by atoms with Crippen LogP contribution in [-0.2, 0) is 6.54 Å². The fraction of sp³-hybridized carbons (Fsp3) is 0.400. The highest BCUT2D eigenvalue weighted by atomic mass is 79.9. The minimum Gasteiger partial charge on any atom is -0.313 e. The van der Waals surface area contributed by atoms with Crippen LogP contribution in [0, 0.1) is 0 Å². The molecular weight excluding hydrogens is 302 g/mol. The third-order valence-electron chi connectivity index (χ3n) is 3.04. The maximum absolute atomic E-state index is 4.60. The SMILES string of the molecule is CCNCc1ccc(-n2ccc(C(C)C)n2)c(Br)c1. The van der Waals surface area contributed by atoms with Crippen LogP contribution in [0.4, 0.5) is 0 Å². The second-order valence-corrected chi connectivity index (χ2v) is 5.76. The number of halogens is 1. The Morgan fingerprint density at radius 1 is 1.32 bits per heavy atom. The number of rotatable bonds is 5. The first-order valence-electron chi connectivity index (χ1n) is 6.67. The van der Waals surface area contributed by atoms with E-state index in [9.17, 15) is 0 Å². The monoisotopic (exact) mass is 321 g/mol. The van der Waals surface area contributed by atoms with Gasteiger partial charge in [-0.3, -0.25) is 0 Å². The molecule has 0 saturated carbocycles. The van der Waals surface area contributed by atoms with Gasteiger partial charge in [0.25, 0.3) is 0 Å². The van der Waals surface area contributed by atoms with Gasteiger partial charge in [0, 0.05) is 17.2 Å². The molecule has 102 valence electrons. The molecule has 0 unspecified atom stereocenters. The van der Waals surface area contributed by atoms with Crippen molar-refractivity contribution in [1.29, 1.82) is 0 Å². The Hall–Kier alpha value is -1.13. The van der Waals surface area contributed by atoms with Gasteiger partial charge in [-0.25, -0.2) is 4.68 Å². The van der Waals surface area contributed by atoms with Gasteiger partial charge in [0.2, 0.25) is 0 Å². The Morgan fingerprint density at radius 2 is 2.11 bits per heavy atom. The summed E-state index contributed by atoms with van der Waals surface area (Å²) in [5.74, 6) is 0.452. The van der Waals surface area contributed by atoms with Crippen molar-refractivity contribution in [2.75, 3.05) is 6.54 Å². The summed E-state index contributed by atoms with van der Waals surface area (Å²) in [6.45, 7) is 8.30. The highest BCUT2D eigenvalue weighted by molar-refractivity contribution is 9.10. The molecule has 1 heterocycles. The summed E-state index contributed by atoms with van der Waals surface area (Å²) in [4.78, 5) is 0. The summed E-state index contributed by atoms with van der Waals surface area (Å²) in [5, 5.41) is 7.93. The topological polar surface area (TPSA) is 29.9 Å². The third kappa shape index (κ3) is 3.45. The molecule has 3 nitrogen and oxygen atoms in total. The summed E-state index contributed by atoms with van der Waals surface area (Å²) in [6, 6.07) is 8.46. The molecule has 2 rings (SSSR count). The van der Waals surface area contributed by atoms with Crippen LogP contribution >= 0.6 is 15.9 Å². The van der Waals surface area contributed by atoms with Crippen LogP contribution < -0.4 is 5.32 Å². The van der Waals surface area contributed by atoms with E-state index in [1.54, 1.807) is 0 Å². The first-order chi connectivity index (χ1) is 9.11. The van der Waals surface area contributed by atoms with E-state index in [4.69, 9.17) is 0 Å². The van der Waals surface area contributed by atoms with Crippen LogP contribution in [-0.4, -0.2) is 16.3 Å². The zero-order valence-corrected chi connectivity index (χ0v) is 13.2. The number of nitrogens with zero attached hydrogens (tertiary/aromatic N) is 2. The van der Waals surface area contributed by atoms with E-state index in [0.717, 1.165) is 28.9 Å². The number of hydrogen-bond acceptors (Lipinski definition) is 2. The van der Waals surface area contributed by atoms with Crippen LogP contribution in [0.3, 0.4) is 0 Å². The van der Waals surface area contributed by atoms with Crippen molar-refractivity contribution >= 4 is 15.9 Å². The Labute approximate surface area is 123 Å². The second-order valence-electron chi connectivity index (χ2n) is 4.91. The minimum atomic E-state index is 0.452. The van der Waals surface area contributed by atoms with E-state index < -0.39 is 0 Å². The number of benzene rings is 1. The summed E-state index contributed by atoms with van der Waals surface area (Å²) >= 11 is 3.63. The van der Waals surface area contributed by atoms with Crippen molar-refractivity contribution < 1.29 is 0 Å². The predicted molar refractivity (Wildman–Crippen MR) is 82.7 cm³/mol. The molecule has 1 aromatic heterocycles. The van der Waals surface area contributed by atoms with Gasteiger partial charge in [-0.15, -0.1) is 0 Å². The van der Waals surface area contributed by atoms with Gasteiger partial charge in [-0.05, 0) is 52.2 Å². The van der Waals surface area contributed by atoms with Gasteiger partial charge in [0.1, 0.15) is 0 Å². The van der Waals surface area contributed by atoms with Crippen molar-refractivity contribution in [2.45, 2.75) is 33.2 Å². The normalized spacial score (nSPS) is 11.2. The minimum absolute atomic E-state index is 0.452. The maximum Gasteiger partial charge on any atom is 0.0787 e. The van der Waals surface area contributed by atoms with Crippen molar-refractivity contribution in [3.8, 4) is 5.69 Å². The zero-order chi connectivity index (χ0) is 13.8. The predicted octanol–water partition coefficient (Wildman–Crippen LogP) is 3.87. The first-order valence-corrected chi connectivity index (χ1v) is 7.46. The van der Waals surface area contributed by atoms with Crippen LogP contribution in [0.1, 0.15) is 37.9 Å². The van der Waals surface area contributed by atoms with E-state index in [-0.39, 0.29) is 0 Å². The highest BCUT2D eigenvalue weighted by Crippen LogP contribution is 2.23. The molecule has 2 aromatic rings. The van der Waals surface area contributed by atoms with Gasteiger partial charge in [-0.1, -0.05) is 26.8 Å². The van der Waals surface area contributed by atoms with E-state index in [0.29, 0.717) is 5.92 Å². The average Bonchev–Trinajstić information content (AvgIpc) is 2.86. The molecule has 1 aromatic carbocycles. The molecule has 0 aliphatic carbocycles. The van der Waals surface area contributed by atoms with Gasteiger partial charge < -0.3 is 5.32 Å². The van der Waals surface area contributed by atoms with Gasteiger partial charge >= 0.3 is 0 Å². The molecule has 1 N–H and O–H groups in total. The van der Waals surface area contributed by atoms with Crippen LogP contribution in [0.2, 0.25) is 0 Å². The van der Waals surface area contributed by atoms with Gasteiger partial charge in [0.05, 0.1) is 11.4 Å². The maximum atomic E-state index is 4.60. The van der Waals surface area contributed by atoms with Crippen molar-refractivity contribution in [2.24, 2.45) is 0 Å². The van der Waals surface area contributed by atoms with Crippen molar-refractivity contribution in [3.05, 3.63) is 46.2 Å². The molecule has 0 spiro atoms. The lowest BCUT2D eigenvalue weighted by atomic mass is 10.1. The zero-order valence-electron chi connectivity index (χ0n) is 11.7. The van der Waals surface area contributed by atoms with E-state index in [1.807, 2.05) is 10.9 Å². The van der Waals surface area contributed by atoms with Crippen molar-refractivity contribution in [1.82, 2.24) is 15.1 Å². The molecule has 0 aliphatic rings. The van der Waals surface area contributed by atoms with Crippen LogP contribution in [0.5, 0.6) is 0 Å². The third-order valence-corrected chi connectivity index (χ3v) is 3.67. The first kappa shape index (κ1) is 14.3. The summed E-state index contributed by atoms with van der Waals surface area (Å²) in [6.07, 6.45) is 2.01. The Balaban J connectivity index is 2.24. The Morgan fingerprint density at radius 3 is 2.68 bits per heavy atom. The Bertz CT molecular complexity index is 546. The summed E-state index contributed by atoms with van der Waals surface area (Å²) in [5.41, 5.74) is 3.46. The lowest BCUT2D eigenvalue weighted by Gasteiger charge is -2.08. The lowest BCUT2D eigenvalue weighted by molar-refractivity contribution is 0.725. The molecule has 0 bridgehead atoms. The largest absolute Gasteiger partial charge is 0.313 e. The quantitative estimate of drug-likeness (QED) is 0.906. The van der Waals surface area contributed by atoms with Gasteiger partial charge in [0.15, 0.2) is 0 Å². The summed E-state index contributed by atoms with van der Waals surface area (Å²) < 4.78 is 3.00. The molecule has 0 atom stereocenters. The number of aromatic nitrogens is 2. The molecule has 0 radical (unpaired) electrons. The fourth-order valence-electron chi connectivity index (χ4n) is 1.90. The van der Waals surface area contributed by atoms with E-state index in [2.05, 4.69) is 71.4 Å². The molecule has 0 amide bonds. The standard InChI is InChI=1S/C15H20BrN3/c1-4-17-10-12-5-6-15(13(16)9-12)19-8-7-14(18-19)11(2)3/h5-9,11,17H,4,10H2,1-3H3. The van der Waals surface area contributed by atoms with Crippen molar-refractivity contribution in [3.63, 3.8) is 0 Å². The number of hydrogen-bond donors (Lipinski definition) is 1. The molecule has 0 fully saturated rings. The molecule has 0 saturated heterocycles. The molecule has 4 heteroatoms. The number of nitrogens with one attached hydrogen (secondary N) is 1. The molecule has 19 heavy (non-hydrogen) atoms. The van der Waals surface area contributed by atoms with Crippen LogP contribution in [0.15, 0.2) is 34.9 Å². The van der Waals surface area contributed by atoms with E-state index >= 15 is 0 Å². The Kier molecular flexibility index (Phi) is 4.77. The van der Waals surface area contributed by atoms with Crippen LogP contribution in [0.25, 0.3) is 5.69 Å². The fourth-order valence-corrected chi connectivity index (χ4v) is 2.50. The van der Waals surface area contributed by atoms with Gasteiger partial charge in [-0.2, -0.15) is 5.10 Å².